The standard InChI is InChI=1S/C13H17F3N2O/c1-18-6-4-9(5-7-18)19-10-2-3-12(17)11(8-10)13(14,15)16/h2-3,8-9H,4-7,17H2,1H3. The van der Waals surface area contributed by atoms with Gasteiger partial charge in [-0.3, -0.25) is 0 Å². The van der Waals surface area contributed by atoms with Gasteiger partial charge in [-0.15, -0.1) is 0 Å². The van der Waals surface area contributed by atoms with Crippen LogP contribution in [0.15, 0.2) is 18.2 Å². The molecule has 1 saturated heterocycles. The quantitative estimate of drug-likeness (QED) is 0.843. The van der Waals surface area contributed by atoms with E-state index in [-0.39, 0.29) is 17.5 Å². The lowest BCUT2D eigenvalue weighted by Crippen LogP contribution is -2.35. The first-order valence-electron chi connectivity index (χ1n) is 6.18. The van der Waals surface area contributed by atoms with Crippen molar-refractivity contribution >= 4 is 5.69 Å². The maximum atomic E-state index is 12.7. The summed E-state index contributed by atoms with van der Waals surface area (Å²) in [4.78, 5) is 2.17. The van der Waals surface area contributed by atoms with Crippen molar-refractivity contribution in [2.75, 3.05) is 25.9 Å². The summed E-state index contributed by atoms with van der Waals surface area (Å²) in [6.45, 7) is 1.79. The second-order valence-corrected chi connectivity index (χ2v) is 4.87. The van der Waals surface area contributed by atoms with E-state index in [1.807, 2.05) is 7.05 Å². The van der Waals surface area contributed by atoms with Crippen LogP contribution in [0.25, 0.3) is 0 Å². The molecule has 0 amide bonds. The molecule has 106 valence electrons. The molecule has 0 aromatic heterocycles. The molecular weight excluding hydrogens is 257 g/mol. The minimum absolute atomic E-state index is 0.0269. The van der Waals surface area contributed by atoms with E-state index < -0.39 is 11.7 Å². The van der Waals surface area contributed by atoms with E-state index in [4.69, 9.17) is 10.5 Å². The summed E-state index contributed by atoms with van der Waals surface area (Å²) in [6, 6.07) is 3.71. The molecule has 1 heterocycles. The SMILES string of the molecule is CN1CCC(Oc2ccc(N)c(C(F)(F)F)c2)CC1. The van der Waals surface area contributed by atoms with Crippen molar-refractivity contribution in [3.05, 3.63) is 23.8 Å². The van der Waals surface area contributed by atoms with E-state index in [0.717, 1.165) is 32.0 Å². The Hall–Kier alpha value is -1.43. The molecule has 1 fully saturated rings. The van der Waals surface area contributed by atoms with Crippen LogP contribution in [-0.4, -0.2) is 31.1 Å². The van der Waals surface area contributed by atoms with Gasteiger partial charge in [0.1, 0.15) is 11.9 Å². The number of rotatable bonds is 2. The highest BCUT2D eigenvalue weighted by atomic mass is 19.4. The Morgan fingerprint density at radius 1 is 1.26 bits per heavy atom. The topological polar surface area (TPSA) is 38.5 Å². The van der Waals surface area contributed by atoms with Crippen molar-refractivity contribution in [1.82, 2.24) is 4.90 Å². The Kier molecular flexibility index (Phi) is 3.89. The molecule has 6 heteroatoms. The largest absolute Gasteiger partial charge is 0.490 e. The van der Waals surface area contributed by atoms with Gasteiger partial charge in [0.2, 0.25) is 0 Å². The summed E-state index contributed by atoms with van der Waals surface area (Å²) in [5.74, 6) is 0.232. The van der Waals surface area contributed by atoms with Crippen molar-refractivity contribution in [2.45, 2.75) is 25.1 Å². The Morgan fingerprint density at radius 2 is 1.89 bits per heavy atom. The van der Waals surface area contributed by atoms with Crippen LogP contribution in [0.2, 0.25) is 0 Å². The molecule has 19 heavy (non-hydrogen) atoms. The highest BCUT2D eigenvalue weighted by Gasteiger charge is 2.33. The summed E-state index contributed by atoms with van der Waals surface area (Å²) >= 11 is 0. The van der Waals surface area contributed by atoms with E-state index in [9.17, 15) is 13.2 Å². The minimum Gasteiger partial charge on any atom is -0.490 e. The zero-order valence-corrected chi connectivity index (χ0v) is 10.7. The molecule has 0 bridgehead atoms. The lowest BCUT2D eigenvalue weighted by Gasteiger charge is -2.29. The molecule has 1 aromatic rings. The lowest BCUT2D eigenvalue weighted by molar-refractivity contribution is -0.137. The van der Waals surface area contributed by atoms with Crippen molar-refractivity contribution < 1.29 is 17.9 Å². The third-order valence-corrected chi connectivity index (χ3v) is 3.30. The molecule has 3 nitrogen and oxygen atoms in total. The number of alkyl halides is 3. The van der Waals surface area contributed by atoms with Gasteiger partial charge in [0.15, 0.2) is 0 Å². The summed E-state index contributed by atoms with van der Waals surface area (Å²) in [7, 11) is 2.02. The van der Waals surface area contributed by atoms with Gasteiger partial charge in [0.25, 0.3) is 0 Å². The molecule has 1 aromatic carbocycles. The van der Waals surface area contributed by atoms with Gasteiger partial charge in [-0.05, 0) is 38.1 Å². The van der Waals surface area contributed by atoms with Gasteiger partial charge in [0, 0.05) is 18.8 Å². The lowest BCUT2D eigenvalue weighted by atomic mass is 10.1. The van der Waals surface area contributed by atoms with Crippen LogP contribution in [0.3, 0.4) is 0 Å². The highest BCUT2D eigenvalue weighted by molar-refractivity contribution is 5.52. The summed E-state index contributed by atoms with van der Waals surface area (Å²) in [5.41, 5.74) is 4.23. The average Bonchev–Trinajstić information content (AvgIpc) is 2.33. The molecule has 0 saturated carbocycles. The fraction of sp³-hybridized carbons (Fsp3) is 0.538. The van der Waals surface area contributed by atoms with Gasteiger partial charge in [-0.1, -0.05) is 0 Å². The number of hydrogen-bond acceptors (Lipinski definition) is 3. The van der Waals surface area contributed by atoms with Crippen molar-refractivity contribution in [1.29, 1.82) is 0 Å². The normalized spacial score (nSPS) is 18.5. The van der Waals surface area contributed by atoms with E-state index >= 15 is 0 Å². The summed E-state index contributed by atoms with van der Waals surface area (Å²) in [5, 5.41) is 0. The number of piperidine rings is 1. The van der Waals surface area contributed by atoms with Gasteiger partial charge in [0.05, 0.1) is 5.56 Å². The van der Waals surface area contributed by atoms with Gasteiger partial charge < -0.3 is 15.4 Å². The van der Waals surface area contributed by atoms with Gasteiger partial charge >= 0.3 is 6.18 Å². The summed E-state index contributed by atoms with van der Waals surface area (Å²) < 4.78 is 43.8. The number of benzene rings is 1. The maximum Gasteiger partial charge on any atom is 0.418 e. The van der Waals surface area contributed by atoms with Crippen LogP contribution < -0.4 is 10.5 Å². The molecule has 0 unspecified atom stereocenters. The van der Waals surface area contributed by atoms with E-state index in [1.165, 1.54) is 12.1 Å². The molecule has 0 atom stereocenters. The molecule has 1 aliphatic heterocycles. The third-order valence-electron chi connectivity index (χ3n) is 3.30. The first-order valence-corrected chi connectivity index (χ1v) is 6.18. The molecule has 0 radical (unpaired) electrons. The van der Waals surface area contributed by atoms with Crippen LogP contribution in [0.1, 0.15) is 18.4 Å². The monoisotopic (exact) mass is 274 g/mol. The molecule has 0 spiro atoms. The number of anilines is 1. The fourth-order valence-corrected chi connectivity index (χ4v) is 2.15. The van der Waals surface area contributed by atoms with Crippen LogP contribution in [0.4, 0.5) is 18.9 Å². The fourth-order valence-electron chi connectivity index (χ4n) is 2.15. The molecule has 2 N–H and O–H groups in total. The van der Waals surface area contributed by atoms with E-state index in [0.29, 0.717) is 0 Å². The zero-order chi connectivity index (χ0) is 14.0. The van der Waals surface area contributed by atoms with Crippen LogP contribution in [-0.2, 0) is 6.18 Å². The van der Waals surface area contributed by atoms with E-state index in [2.05, 4.69) is 4.90 Å². The first kappa shape index (κ1) is 14.0. The third kappa shape index (κ3) is 3.53. The van der Waals surface area contributed by atoms with Crippen molar-refractivity contribution in [2.24, 2.45) is 0 Å². The van der Waals surface area contributed by atoms with Crippen LogP contribution in [0.5, 0.6) is 5.75 Å². The molecule has 2 rings (SSSR count). The number of hydrogen-bond donors (Lipinski definition) is 1. The number of nitrogens with two attached hydrogens (primary N) is 1. The highest BCUT2D eigenvalue weighted by Crippen LogP contribution is 2.36. The number of halogens is 3. The van der Waals surface area contributed by atoms with Crippen LogP contribution in [0, 0.1) is 0 Å². The number of ether oxygens (including phenoxy) is 1. The van der Waals surface area contributed by atoms with Crippen LogP contribution >= 0.6 is 0 Å². The summed E-state index contributed by atoms with van der Waals surface area (Å²) in [6.07, 6.45) is -2.83. The second kappa shape index (κ2) is 5.28. The number of nitrogens with zero attached hydrogens (tertiary/aromatic N) is 1. The number of nitrogen functional groups attached to an aromatic ring is 1. The van der Waals surface area contributed by atoms with Crippen molar-refractivity contribution in [3.63, 3.8) is 0 Å². The zero-order valence-electron chi connectivity index (χ0n) is 10.7. The molecule has 1 aliphatic rings. The van der Waals surface area contributed by atoms with Crippen molar-refractivity contribution in [3.8, 4) is 5.75 Å². The Bertz CT molecular complexity index is 440. The first-order chi connectivity index (χ1) is 8.86. The smallest absolute Gasteiger partial charge is 0.418 e. The Morgan fingerprint density at radius 3 is 2.47 bits per heavy atom. The average molecular weight is 274 g/mol. The maximum absolute atomic E-state index is 12.7. The van der Waals surface area contributed by atoms with E-state index in [1.54, 1.807) is 0 Å². The minimum atomic E-state index is -4.45. The predicted octanol–water partition coefficient (Wildman–Crippen LogP) is 2.76. The second-order valence-electron chi connectivity index (χ2n) is 4.87. The van der Waals surface area contributed by atoms with Gasteiger partial charge in [-0.2, -0.15) is 13.2 Å². The Balaban J connectivity index is 2.09. The van der Waals surface area contributed by atoms with Gasteiger partial charge in [-0.25, -0.2) is 0 Å². The molecule has 0 aliphatic carbocycles. The molecular formula is C13H17F3N2O. The Labute approximate surface area is 110 Å². The predicted molar refractivity (Wildman–Crippen MR) is 67.0 cm³/mol. The number of likely N-dealkylation sites (tertiary alicyclic amines) is 1.